The van der Waals surface area contributed by atoms with E-state index < -0.39 is 72.7 Å². The Morgan fingerprint density at radius 2 is 0.679 bits per heavy atom. The number of carboxylic acid groups (broad SMARTS) is 6. The van der Waals surface area contributed by atoms with Gasteiger partial charge in [0.15, 0.2) is 0 Å². The van der Waals surface area contributed by atoms with Gasteiger partial charge in [0, 0.05) is 49.6 Å². The Balaban J connectivity index is -0.000000192. The molecule has 0 aliphatic heterocycles. The first-order chi connectivity index (χ1) is 11.6. The van der Waals surface area contributed by atoms with Crippen LogP contribution >= 0.6 is 0 Å². The molecule has 0 aromatic rings. The molecule has 28 heavy (non-hydrogen) atoms. The van der Waals surface area contributed by atoms with Crippen molar-refractivity contribution in [2.45, 2.75) is 36.9 Å². The fourth-order valence-corrected chi connectivity index (χ4v) is 1.37. The van der Waals surface area contributed by atoms with Gasteiger partial charge in [0.1, 0.15) is 11.2 Å². The molecule has 0 aromatic carbocycles. The van der Waals surface area contributed by atoms with Gasteiger partial charge in [-0.05, 0) is 0 Å². The third kappa shape index (κ3) is 13.9. The van der Waals surface area contributed by atoms with E-state index in [0.717, 1.165) is 0 Å². The van der Waals surface area contributed by atoms with Crippen LogP contribution in [0.4, 0.5) is 0 Å². The molecule has 0 aliphatic rings. The Hall–Kier alpha value is -2.22. The summed E-state index contributed by atoms with van der Waals surface area (Å²) in [4.78, 5) is 60.0. The average molecular weight is 490 g/mol. The van der Waals surface area contributed by atoms with Crippen LogP contribution in [0.15, 0.2) is 0 Å². The zero-order valence-electron chi connectivity index (χ0n) is 13.3. The van der Waals surface area contributed by atoms with E-state index in [4.69, 9.17) is 10.2 Å². The number of carboxylic acids is 6. The van der Waals surface area contributed by atoms with Gasteiger partial charge in [0.25, 0.3) is 0 Å². The van der Waals surface area contributed by atoms with E-state index in [0.29, 0.717) is 0 Å². The second-order valence-corrected chi connectivity index (χ2v) is 4.83. The van der Waals surface area contributed by atoms with E-state index in [1.807, 2.05) is 0 Å². The summed E-state index contributed by atoms with van der Waals surface area (Å²) in [6, 6.07) is 0. The molecular weight excluding hydrogens is 480 g/mol. The summed E-state index contributed by atoms with van der Waals surface area (Å²) < 4.78 is 0. The van der Waals surface area contributed by atoms with Gasteiger partial charge in [-0.3, -0.25) is 0 Å². The molecule has 0 aromatic heterocycles. The zero-order chi connectivity index (χ0) is 21.3. The Morgan fingerprint density at radius 3 is 0.750 bits per heavy atom. The van der Waals surface area contributed by atoms with Crippen LogP contribution in [0.1, 0.15) is 25.7 Å². The molecule has 0 saturated carbocycles. The van der Waals surface area contributed by atoms with Crippen molar-refractivity contribution in [2.24, 2.45) is 0 Å². The largest absolute Gasteiger partial charge is 3.00 e. The van der Waals surface area contributed by atoms with E-state index in [-0.39, 0.29) is 34.1 Å². The van der Waals surface area contributed by atoms with Gasteiger partial charge < -0.3 is 69.6 Å². The maximum Gasteiger partial charge on any atom is 3.00 e. The van der Waals surface area contributed by atoms with Gasteiger partial charge in [0.2, 0.25) is 0 Å². The average Bonchev–Trinajstić information content (AvgIpc) is 2.34. The second kappa shape index (κ2) is 13.9. The standard InChI is InChI=1S/2C6H8O7.2Fe/c2*7-3(8)1-6(13,5(11)12)2-4(9)10;;/h2*13H,1-2H2,(H,7,8)(H,9,10)(H,11,12);;/q;;+2;+3/p-6. The molecule has 0 heterocycles. The van der Waals surface area contributed by atoms with E-state index >= 15 is 0 Å². The Labute approximate surface area is 176 Å². The van der Waals surface area contributed by atoms with Gasteiger partial charge in [-0.2, -0.15) is 0 Å². The van der Waals surface area contributed by atoms with Gasteiger partial charge >= 0.3 is 34.1 Å². The molecule has 0 rings (SSSR count). The van der Waals surface area contributed by atoms with Crippen molar-refractivity contribution in [3.63, 3.8) is 0 Å². The number of carbonyl (C=O) groups excluding carboxylic acids is 6. The zero-order valence-corrected chi connectivity index (χ0v) is 15.5. The summed E-state index contributed by atoms with van der Waals surface area (Å²) in [6.07, 6.45) is -5.43. The van der Waals surface area contributed by atoms with Crippen LogP contribution in [0.2, 0.25) is 0 Å². The summed E-state index contributed by atoms with van der Waals surface area (Å²) in [5.74, 6) is -12.0. The summed E-state index contributed by atoms with van der Waals surface area (Å²) in [6.45, 7) is 0. The number of rotatable bonds is 10. The van der Waals surface area contributed by atoms with E-state index in [1.54, 1.807) is 0 Å². The summed E-state index contributed by atoms with van der Waals surface area (Å²) in [5, 5.41) is 77.9. The molecule has 0 saturated heterocycles. The van der Waals surface area contributed by atoms with Crippen LogP contribution in [-0.4, -0.2) is 57.2 Å². The molecule has 0 spiro atoms. The fraction of sp³-hybridized carbons (Fsp3) is 0.500. The maximum atomic E-state index is 10.1. The SMILES string of the molecule is O=C([O-])CC(O)(CC(=O)[O-])C(=O)[O-].O=C([O-])CC(O)(CC(=O)[O-])C(=O)[O-].[Fe+2].[Fe+3]. The molecule has 0 unspecified atom stereocenters. The molecule has 16 heteroatoms. The molecule has 2 N–H and O–H groups in total. The van der Waals surface area contributed by atoms with Crippen molar-refractivity contribution in [2.75, 3.05) is 0 Å². The van der Waals surface area contributed by atoms with Crippen molar-refractivity contribution in [1.29, 1.82) is 0 Å². The summed E-state index contributed by atoms with van der Waals surface area (Å²) in [7, 11) is 0. The van der Waals surface area contributed by atoms with Crippen molar-refractivity contribution in [1.82, 2.24) is 0 Å². The number of aliphatic hydroxyl groups is 2. The molecular formula is C12H10Fe2O14-. The van der Waals surface area contributed by atoms with Crippen molar-refractivity contribution in [3.05, 3.63) is 0 Å². The van der Waals surface area contributed by atoms with Crippen LogP contribution in [-0.2, 0) is 62.9 Å². The third-order valence-corrected chi connectivity index (χ3v) is 2.51. The van der Waals surface area contributed by atoms with Crippen LogP contribution in [0.3, 0.4) is 0 Å². The first-order valence-electron chi connectivity index (χ1n) is 6.23. The molecule has 0 amide bonds. The van der Waals surface area contributed by atoms with E-state index in [9.17, 15) is 59.4 Å². The van der Waals surface area contributed by atoms with Gasteiger partial charge in [-0.15, -0.1) is 0 Å². The smallest absolute Gasteiger partial charge is 0.550 e. The Morgan fingerprint density at radius 1 is 0.536 bits per heavy atom. The third-order valence-electron chi connectivity index (χ3n) is 2.51. The van der Waals surface area contributed by atoms with Crippen LogP contribution < -0.4 is 30.6 Å². The van der Waals surface area contributed by atoms with Crippen LogP contribution in [0.5, 0.6) is 0 Å². The van der Waals surface area contributed by atoms with Crippen LogP contribution in [0, 0.1) is 0 Å². The molecule has 0 bridgehead atoms. The van der Waals surface area contributed by atoms with Gasteiger partial charge in [0.05, 0.1) is 11.9 Å². The predicted molar refractivity (Wildman–Crippen MR) is 58.4 cm³/mol. The van der Waals surface area contributed by atoms with Crippen molar-refractivity contribution < 1.29 is 104 Å². The van der Waals surface area contributed by atoms with Crippen molar-refractivity contribution >= 4 is 35.8 Å². The molecule has 1 radical (unpaired) electrons. The van der Waals surface area contributed by atoms with E-state index in [1.165, 1.54) is 0 Å². The van der Waals surface area contributed by atoms with Gasteiger partial charge in [-0.25, -0.2) is 0 Å². The minimum Gasteiger partial charge on any atom is -0.550 e. The molecule has 0 fully saturated rings. The summed E-state index contributed by atoms with van der Waals surface area (Å²) >= 11 is 0. The predicted octanol–water partition coefficient (Wildman–Crippen LogP) is -10.5. The molecule has 14 nitrogen and oxygen atoms in total. The first-order valence-corrected chi connectivity index (χ1v) is 6.23. The minimum atomic E-state index is -2.97. The second-order valence-electron chi connectivity index (χ2n) is 4.83. The normalized spacial score (nSPS) is 10.1. The van der Waals surface area contributed by atoms with E-state index in [2.05, 4.69) is 0 Å². The molecule has 0 aliphatic carbocycles. The quantitative estimate of drug-likeness (QED) is 0.269. The molecule has 159 valence electrons. The topological polar surface area (TPSA) is 281 Å². The van der Waals surface area contributed by atoms with Crippen molar-refractivity contribution in [3.8, 4) is 0 Å². The van der Waals surface area contributed by atoms with Gasteiger partial charge in [-0.1, -0.05) is 0 Å². The number of aliphatic carboxylic acids is 6. The summed E-state index contributed by atoms with van der Waals surface area (Å²) in [5.41, 5.74) is -5.95. The fourth-order valence-electron chi connectivity index (χ4n) is 1.37. The number of hydrogen-bond donors (Lipinski definition) is 2. The molecule has 0 atom stereocenters. The Bertz CT molecular complexity index is 517. The number of carbonyl (C=O) groups is 6. The maximum absolute atomic E-state index is 10.1. The first kappa shape index (κ1) is 33.4. The van der Waals surface area contributed by atoms with Crippen LogP contribution in [0.25, 0.3) is 0 Å². The minimum absolute atomic E-state index is 0. The Kier molecular flexibility index (Phi) is 16.5. The number of hydrogen-bond acceptors (Lipinski definition) is 14. The monoisotopic (exact) mass is 490 g/mol.